The van der Waals surface area contributed by atoms with E-state index in [0.717, 1.165) is 18.9 Å². The second-order valence-corrected chi connectivity index (χ2v) is 4.46. The van der Waals surface area contributed by atoms with Gasteiger partial charge in [-0.15, -0.1) is 0 Å². The number of carbonyl (C=O) groups is 2. The maximum atomic E-state index is 12.3. The highest BCUT2D eigenvalue weighted by molar-refractivity contribution is 5.95. The molecule has 0 unspecified atom stereocenters. The number of methoxy groups -OCH3 is 1. The lowest BCUT2D eigenvalue weighted by atomic mass is 10.2. The van der Waals surface area contributed by atoms with Crippen LogP contribution in [0.1, 0.15) is 33.4 Å². The number of hydrogen-bond donors (Lipinski definition) is 0. The molecule has 1 aromatic carbocycles. The van der Waals surface area contributed by atoms with E-state index in [1.54, 1.807) is 12.1 Å². The summed E-state index contributed by atoms with van der Waals surface area (Å²) in [5, 5.41) is 0. The number of rotatable bonds is 5. The quantitative estimate of drug-likeness (QED) is 0.622. The summed E-state index contributed by atoms with van der Waals surface area (Å²) in [7, 11) is 1.15. The Morgan fingerprint density at radius 2 is 1.86 bits per heavy atom. The SMILES string of the molecule is COC(=O)c1occ(C(C)=O)c(=O)c1OCc1ccccc1. The first-order chi connectivity index (χ1) is 10.5. The molecular formula is C16H14O6. The number of hydrogen-bond acceptors (Lipinski definition) is 6. The number of ether oxygens (including phenoxy) is 2. The average molecular weight is 302 g/mol. The Labute approximate surface area is 126 Å². The molecule has 1 aromatic heterocycles. The molecule has 0 fully saturated rings. The van der Waals surface area contributed by atoms with Crippen LogP contribution in [0.15, 0.2) is 45.8 Å². The standard InChI is InChI=1S/C16H14O6/c1-10(17)12-9-22-15(16(19)20-2)14(13(12)18)21-8-11-6-4-3-5-7-11/h3-7,9H,8H2,1-2H3. The molecule has 6 heteroatoms. The minimum absolute atomic E-state index is 0.0525. The Balaban J connectivity index is 2.41. The van der Waals surface area contributed by atoms with E-state index >= 15 is 0 Å². The van der Waals surface area contributed by atoms with E-state index in [1.165, 1.54) is 6.92 Å². The van der Waals surface area contributed by atoms with Crippen molar-refractivity contribution in [2.75, 3.05) is 7.11 Å². The summed E-state index contributed by atoms with van der Waals surface area (Å²) in [4.78, 5) is 35.3. The van der Waals surface area contributed by atoms with Crippen molar-refractivity contribution in [3.05, 3.63) is 63.7 Å². The first kappa shape index (κ1) is 15.5. The fraction of sp³-hybridized carbons (Fsp3) is 0.188. The molecule has 0 aliphatic carbocycles. The van der Waals surface area contributed by atoms with Gasteiger partial charge in [-0.25, -0.2) is 4.79 Å². The molecule has 6 nitrogen and oxygen atoms in total. The Morgan fingerprint density at radius 1 is 1.18 bits per heavy atom. The summed E-state index contributed by atoms with van der Waals surface area (Å²) >= 11 is 0. The van der Waals surface area contributed by atoms with Crippen LogP contribution >= 0.6 is 0 Å². The lowest BCUT2D eigenvalue weighted by Gasteiger charge is -2.09. The van der Waals surface area contributed by atoms with Gasteiger partial charge in [-0.2, -0.15) is 0 Å². The molecule has 0 amide bonds. The number of carbonyl (C=O) groups excluding carboxylic acids is 2. The number of ketones is 1. The van der Waals surface area contributed by atoms with E-state index in [2.05, 4.69) is 4.74 Å². The monoisotopic (exact) mass is 302 g/mol. The highest BCUT2D eigenvalue weighted by Crippen LogP contribution is 2.18. The number of benzene rings is 1. The first-order valence-corrected chi connectivity index (χ1v) is 6.46. The smallest absolute Gasteiger partial charge is 0.378 e. The second-order valence-electron chi connectivity index (χ2n) is 4.46. The summed E-state index contributed by atoms with van der Waals surface area (Å²) in [5.41, 5.74) is -0.0864. The van der Waals surface area contributed by atoms with Gasteiger partial charge in [0.1, 0.15) is 18.4 Å². The van der Waals surface area contributed by atoms with Crippen LogP contribution in [0, 0.1) is 0 Å². The maximum Gasteiger partial charge on any atom is 0.378 e. The summed E-state index contributed by atoms with van der Waals surface area (Å²) in [6.45, 7) is 1.28. The lowest BCUT2D eigenvalue weighted by Crippen LogP contribution is -2.19. The molecule has 0 atom stereocenters. The highest BCUT2D eigenvalue weighted by atomic mass is 16.5. The van der Waals surface area contributed by atoms with Crippen molar-refractivity contribution in [1.82, 2.24) is 0 Å². The van der Waals surface area contributed by atoms with E-state index in [9.17, 15) is 14.4 Å². The fourth-order valence-electron chi connectivity index (χ4n) is 1.79. The average Bonchev–Trinajstić information content (AvgIpc) is 2.53. The Morgan fingerprint density at radius 3 is 2.45 bits per heavy atom. The van der Waals surface area contributed by atoms with Crippen LogP contribution in [0.4, 0.5) is 0 Å². The topological polar surface area (TPSA) is 82.8 Å². The Bertz CT molecular complexity index is 745. The minimum atomic E-state index is -0.852. The van der Waals surface area contributed by atoms with E-state index in [4.69, 9.17) is 9.15 Å². The first-order valence-electron chi connectivity index (χ1n) is 6.46. The minimum Gasteiger partial charge on any atom is -0.481 e. The summed E-state index contributed by atoms with van der Waals surface area (Å²) in [6, 6.07) is 9.07. The molecule has 2 rings (SSSR count). The summed E-state index contributed by atoms with van der Waals surface area (Å²) in [6.07, 6.45) is 0.937. The third-order valence-corrected chi connectivity index (χ3v) is 2.93. The molecule has 22 heavy (non-hydrogen) atoms. The van der Waals surface area contributed by atoms with Gasteiger partial charge in [-0.1, -0.05) is 30.3 Å². The molecule has 114 valence electrons. The van der Waals surface area contributed by atoms with Crippen molar-refractivity contribution >= 4 is 11.8 Å². The molecule has 2 aromatic rings. The zero-order valence-electron chi connectivity index (χ0n) is 12.1. The van der Waals surface area contributed by atoms with Crippen LogP contribution in [0.5, 0.6) is 5.75 Å². The van der Waals surface area contributed by atoms with Crippen LogP contribution in [0.25, 0.3) is 0 Å². The molecule has 0 N–H and O–H groups in total. The van der Waals surface area contributed by atoms with Gasteiger partial charge in [0.05, 0.1) is 7.11 Å². The largest absolute Gasteiger partial charge is 0.481 e. The van der Waals surface area contributed by atoms with Crippen molar-refractivity contribution in [3.8, 4) is 5.75 Å². The molecule has 0 saturated carbocycles. The molecule has 0 aliphatic heterocycles. The lowest BCUT2D eigenvalue weighted by molar-refractivity contribution is 0.0551. The van der Waals surface area contributed by atoms with Crippen molar-refractivity contribution in [2.24, 2.45) is 0 Å². The van der Waals surface area contributed by atoms with Crippen LogP contribution in [-0.2, 0) is 11.3 Å². The number of esters is 1. The Hall–Kier alpha value is -2.89. The van der Waals surface area contributed by atoms with Crippen LogP contribution in [-0.4, -0.2) is 18.9 Å². The third-order valence-electron chi connectivity index (χ3n) is 2.93. The van der Waals surface area contributed by atoms with Gasteiger partial charge in [0, 0.05) is 0 Å². The van der Waals surface area contributed by atoms with Crippen LogP contribution in [0.3, 0.4) is 0 Å². The number of Topliss-reactive ketones (excluding diaryl/α,β-unsaturated/α-hetero) is 1. The van der Waals surface area contributed by atoms with E-state index in [1.807, 2.05) is 18.2 Å². The van der Waals surface area contributed by atoms with Gasteiger partial charge in [0.15, 0.2) is 5.78 Å². The van der Waals surface area contributed by atoms with E-state index in [-0.39, 0.29) is 23.7 Å². The molecule has 0 bridgehead atoms. The van der Waals surface area contributed by atoms with Crippen LogP contribution in [0.2, 0.25) is 0 Å². The molecule has 0 spiro atoms. The Kier molecular flexibility index (Phi) is 4.73. The summed E-state index contributed by atoms with van der Waals surface area (Å²) < 4.78 is 15.0. The molecular weight excluding hydrogens is 288 g/mol. The van der Waals surface area contributed by atoms with Crippen molar-refractivity contribution in [2.45, 2.75) is 13.5 Å². The van der Waals surface area contributed by atoms with Gasteiger partial charge < -0.3 is 13.9 Å². The fourth-order valence-corrected chi connectivity index (χ4v) is 1.79. The van der Waals surface area contributed by atoms with Gasteiger partial charge in [-0.05, 0) is 12.5 Å². The van der Waals surface area contributed by atoms with E-state index < -0.39 is 17.2 Å². The highest BCUT2D eigenvalue weighted by Gasteiger charge is 2.23. The van der Waals surface area contributed by atoms with Gasteiger partial charge in [-0.3, -0.25) is 9.59 Å². The predicted octanol–water partition coefficient (Wildman–Crippen LogP) is 2.21. The van der Waals surface area contributed by atoms with Crippen molar-refractivity contribution in [3.63, 3.8) is 0 Å². The summed E-state index contributed by atoms with van der Waals surface area (Å²) in [5.74, 6) is -2.03. The normalized spacial score (nSPS) is 10.1. The third kappa shape index (κ3) is 3.22. The van der Waals surface area contributed by atoms with Gasteiger partial charge >= 0.3 is 5.97 Å². The predicted molar refractivity (Wildman–Crippen MR) is 77.1 cm³/mol. The molecule has 0 aliphatic rings. The molecule has 0 saturated heterocycles. The van der Waals surface area contributed by atoms with Crippen molar-refractivity contribution < 1.29 is 23.5 Å². The zero-order chi connectivity index (χ0) is 16.1. The van der Waals surface area contributed by atoms with Gasteiger partial charge in [0.25, 0.3) is 5.76 Å². The van der Waals surface area contributed by atoms with Gasteiger partial charge in [0.2, 0.25) is 11.2 Å². The molecule has 0 radical (unpaired) electrons. The molecule has 1 heterocycles. The van der Waals surface area contributed by atoms with Crippen LogP contribution < -0.4 is 10.2 Å². The van der Waals surface area contributed by atoms with E-state index in [0.29, 0.717) is 0 Å². The van der Waals surface area contributed by atoms with Crippen molar-refractivity contribution in [1.29, 1.82) is 0 Å². The second kappa shape index (κ2) is 6.71. The zero-order valence-corrected chi connectivity index (χ0v) is 12.1. The maximum absolute atomic E-state index is 12.3.